The van der Waals surface area contributed by atoms with E-state index in [4.69, 9.17) is 28.4 Å². The first-order chi connectivity index (χ1) is 26.7. The van der Waals surface area contributed by atoms with E-state index in [1.165, 1.54) is 28.8 Å². The van der Waals surface area contributed by atoms with E-state index in [0.29, 0.717) is 26.0 Å². The van der Waals surface area contributed by atoms with Gasteiger partial charge in [-0.25, -0.2) is 24.5 Å². The third-order valence-corrected chi connectivity index (χ3v) is 10.4. The lowest BCUT2D eigenvalue weighted by Crippen LogP contribution is -2.54. The zero-order valence-electron chi connectivity index (χ0n) is 30.4. The fourth-order valence-electron chi connectivity index (χ4n) is 6.35. The summed E-state index contributed by atoms with van der Waals surface area (Å²) in [6.07, 6.45) is 3.45. The van der Waals surface area contributed by atoms with Gasteiger partial charge in [-0.05, 0) is 51.5 Å². The van der Waals surface area contributed by atoms with Gasteiger partial charge in [-0.3, -0.25) is 19.7 Å². The highest BCUT2D eigenvalue weighted by molar-refractivity contribution is 7.14. The van der Waals surface area contributed by atoms with Crippen molar-refractivity contribution in [3.8, 4) is 11.5 Å². The van der Waals surface area contributed by atoms with Gasteiger partial charge in [-0.15, -0.1) is 22.7 Å². The van der Waals surface area contributed by atoms with Crippen LogP contribution in [0.2, 0.25) is 0 Å². The van der Waals surface area contributed by atoms with Gasteiger partial charge in [0.25, 0.3) is 11.8 Å². The average molecular weight is 799 g/mol. The molecule has 0 aliphatic carbocycles. The molecule has 5 heterocycles. The molecule has 6 rings (SSSR count). The molecule has 19 heteroatoms. The van der Waals surface area contributed by atoms with Crippen LogP contribution in [0.5, 0.6) is 11.5 Å². The Morgan fingerprint density at radius 3 is 2.55 bits per heavy atom. The molecule has 3 atom stereocenters. The summed E-state index contributed by atoms with van der Waals surface area (Å²) in [5.74, 6) is -1.26. The third-order valence-electron chi connectivity index (χ3n) is 8.86. The summed E-state index contributed by atoms with van der Waals surface area (Å²) in [5, 5.41) is 8.65. The molecule has 2 aromatic heterocycles. The Morgan fingerprint density at radius 1 is 1.02 bits per heavy atom. The summed E-state index contributed by atoms with van der Waals surface area (Å²) >= 11 is 2.14. The molecule has 2 fully saturated rings. The molecule has 4 amide bonds. The Bertz CT molecular complexity index is 1890. The minimum absolute atomic E-state index is 0.0521. The van der Waals surface area contributed by atoms with Crippen molar-refractivity contribution in [2.45, 2.75) is 70.4 Å². The van der Waals surface area contributed by atoms with Crippen molar-refractivity contribution in [2.75, 3.05) is 55.6 Å². The average Bonchev–Trinajstić information content (AvgIpc) is 3.97. The van der Waals surface area contributed by atoms with Gasteiger partial charge in [-0.1, -0.05) is 12.7 Å². The quantitative estimate of drug-likeness (QED) is 0.112. The van der Waals surface area contributed by atoms with Crippen molar-refractivity contribution in [1.29, 1.82) is 0 Å². The molecule has 17 nitrogen and oxygen atoms in total. The molecule has 3 aliphatic rings. The number of fused-ring (bicyclic) bond motifs is 2. The number of rotatable bonds is 15. The fourth-order valence-corrected chi connectivity index (χ4v) is 7.73. The summed E-state index contributed by atoms with van der Waals surface area (Å²) in [4.78, 5) is 76.5. The van der Waals surface area contributed by atoms with Crippen LogP contribution in [0, 0.1) is 0 Å². The van der Waals surface area contributed by atoms with Gasteiger partial charge in [0.2, 0.25) is 5.91 Å². The maximum absolute atomic E-state index is 14.0. The van der Waals surface area contributed by atoms with E-state index in [9.17, 15) is 24.0 Å². The van der Waals surface area contributed by atoms with Crippen LogP contribution in [0.3, 0.4) is 0 Å². The molecule has 0 spiro atoms. The van der Waals surface area contributed by atoms with Crippen molar-refractivity contribution in [2.24, 2.45) is 0 Å². The molecule has 55 heavy (non-hydrogen) atoms. The first-order valence-corrected chi connectivity index (χ1v) is 19.7. The van der Waals surface area contributed by atoms with Crippen molar-refractivity contribution in [1.82, 2.24) is 14.9 Å². The summed E-state index contributed by atoms with van der Waals surface area (Å²) < 4.78 is 34.5. The number of nitrogens with one attached hydrogen (secondary N) is 2. The van der Waals surface area contributed by atoms with Crippen LogP contribution in [0.4, 0.5) is 20.7 Å². The molecule has 1 aromatic carbocycles. The maximum atomic E-state index is 14.0. The lowest BCUT2D eigenvalue weighted by atomic mass is 10.1. The van der Waals surface area contributed by atoms with E-state index in [1.54, 1.807) is 24.0 Å². The summed E-state index contributed by atoms with van der Waals surface area (Å²) in [6.45, 7) is 6.59. The predicted octanol–water partition coefficient (Wildman–Crippen LogP) is 5.45. The second kappa shape index (κ2) is 18.5. The van der Waals surface area contributed by atoms with E-state index in [1.807, 2.05) is 0 Å². The Balaban J connectivity index is 1.11. The monoisotopic (exact) mass is 798 g/mol. The first kappa shape index (κ1) is 39.6. The lowest BCUT2D eigenvalue weighted by molar-refractivity contribution is -0.195. The fraction of sp³-hybridized carbons (Fsp3) is 0.472. The van der Waals surface area contributed by atoms with Crippen molar-refractivity contribution in [3.05, 3.63) is 52.5 Å². The number of amides is 4. The van der Waals surface area contributed by atoms with Gasteiger partial charge >= 0.3 is 12.1 Å². The molecule has 0 radical (unpaired) electrons. The second-order valence-corrected chi connectivity index (χ2v) is 14.3. The normalized spacial score (nSPS) is 19.1. The Kier molecular flexibility index (Phi) is 13.3. The molecule has 0 bridgehead atoms. The number of carbonyl (C=O) groups excluding carboxylic acids is 5. The summed E-state index contributed by atoms with van der Waals surface area (Å²) in [7, 11) is 1.45. The number of anilines is 3. The number of nitrogens with zero attached hydrogens (tertiary/aromatic N) is 4. The lowest BCUT2D eigenvalue weighted by Gasteiger charge is -2.38. The van der Waals surface area contributed by atoms with Crippen LogP contribution in [0.1, 0.15) is 83.2 Å². The molecular formula is C36H42N6O11S2. The van der Waals surface area contributed by atoms with E-state index >= 15 is 0 Å². The third kappa shape index (κ3) is 9.41. The van der Waals surface area contributed by atoms with Crippen molar-refractivity contribution in [3.63, 3.8) is 0 Å². The number of ether oxygens (including phenoxy) is 6. The molecule has 0 saturated carbocycles. The summed E-state index contributed by atoms with van der Waals surface area (Å²) in [5.41, 5.74) is 0.613. The molecule has 2 saturated heterocycles. The van der Waals surface area contributed by atoms with Crippen LogP contribution in [-0.2, 0) is 23.7 Å². The van der Waals surface area contributed by atoms with E-state index < -0.39 is 36.5 Å². The molecule has 2 N–H and O–H groups in total. The predicted molar refractivity (Wildman–Crippen MR) is 201 cm³/mol. The van der Waals surface area contributed by atoms with Crippen molar-refractivity contribution >= 4 is 68.4 Å². The number of esters is 1. The second-order valence-electron chi connectivity index (χ2n) is 12.5. The van der Waals surface area contributed by atoms with Crippen LogP contribution in [0.15, 0.2) is 35.5 Å². The number of thiazole rings is 2. The van der Waals surface area contributed by atoms with Crippen molar-refractivity contribution < 1.29 is 52.4 Å². The highest BCUT2D eigenvalue weighted by atomic mass is 32.1. The Labute approximate surface area is 324 Å². The standard InChI is InChI=1S/C36H42N6O11S2/c1-4-14-52-36(47)42-25-18-27(26(48-3)17-21(25)31(45)41-13-8-10-24(41)32(42)53-29-12-6-7-15-51-29)50-16-9-11-28(43)39-34-37-22(19-54-34)30(44)40-35-38-23(20-55-35)33(46)49-5-2/h4,17-20,24,29,32H,1,5-16H2,2-3H3,(H,37,39,43)(H,38,40,44)/t24-,29?,32?/m0/s1. The molecule has 294 valence electrons. The maximum Gasteiger partial charge on any atom is 0.416 e. The molecule has 3 aliphatic heterocycles. The van der Waals surface area contributed by atoms with Gasteiger partial charge in [0.1, 0.15) is 12.3 Å². The number of methoxy groups -OCH3 is 1. The molecule has 2 unspecified atom stereocenters. The van der Waals surface area contributed by atoms with Gasteiger partial charge in [0.05, 0.1) is 37.6 Å². The van der Waals surface area contributed by atoms with Crippen LogP contribution >= 0.6 is 22.7 Å². The number of benzene rings is 1. The Hall–Kier alpha value is -5.11. The van der Waals surface area contributed by atoms with Crippen LogP contribution in [0.25, 0.3) is 0 Å². The minimum Gasteiger partial charge on any atom is -0.493 e. The molecule has 3 aromatic rings. The zero-order valence-corrected chi connectivity index (χ0v) is 32.0. The van der Waals surface area contributed by atoms with E-state index in [-0.39, 0.29) is 88.9 Å². The highest BCUT2D eigenvalue weighted by Crippen LogP contribution is 2.42. The van der Waals surface area contributed by atoms with Gasteiger partial charge in [-0.2, -0.15) is 0 Å². The Morgan fingerprint density at radius 2 is 1.80 bits per heavy atom. The van der Waals surface area contributed by atoms with E-state index in [0.717, 1.165) is 41.9 Å². The van der Waals surface area contributed by atoms with Gasteiger partial charge < -0.3 is 38.6 Å². The number of hydrogen-bond acceptors (Lipinski definition) is 15. The number of aromatic nitrogens is 2. The SMILES string of the molecule is C=CCOC(=O)N1c2cc(OCCCC(=O)Nc3nc(C(=O)Nc4nc(C(=O)OCC)cs4)cs3)c(OC)cc2C(=O)N2CCC[C@H]2C1OC1CCCCO1. The topological polar surface area (TPSA) is 197 Å². The smallest absolute Gasteiger partial charge is 0.416 e. The van der Waals surface area contributed by atoms with E-state index in [2.05, 4.69) is 27.2 Å². The summed E-state index contributed by atoms with van der Waals surface area (Å²) in [6, 6.07) is 2.67. The van der Waals surface area contributed by atoms with Crippen LogP contribution < -0.4 is 25.0 Å². The number of hydrogen-bond donors (Lipinski definition) is 2. The largest absolute Gasteiger partial charge is 0.493 e. The minimum atomic E-state index is -0.896. The molecular weight excluding hydrogens is 757 g/mol. The van der Waals surface area contributed by atoms with Crippen LogP contribution in [-0.4, -0.2) is 103 Å². The van der Waals surface area contributed by atoms with Gasteiger partial charge in [0.15, 0.2) is 40.0 Å². The first-order valence-electron chi connectivity index (χ1n) is 17.9. The van der Waals surface area contributed by atoms with Gasteiger partial charge in [0, 0.05) is 36.4 Å². The number of carbonyl (C=O) groups is 5. The zero-order chi connectivity index (χ0) is 38.9. The highest BCUT2D eigenvalue weighted by Gasteiger charge is 2.47.